The lowest BCUT2D eigenvalue weighted by molar-refractivity contribution is -0.126. The third kappa shape index (κ3) is 5.25. The zero-order chi connectivity index (χ0) is 21.0. The van der Waals surface area contributed by atoms with Gasteiger partial charge in [0.25, 0.3) is 0 Å². The maximum Gasteiger partial charge on any atom is 0.243 e. The Kier molecular flexibility index (Phi) is 6.71. The van der Waals surface area contributed by atoms with Crippen molar-refractivity contribution in [1.82, 2.24) is 30.0 Å². The molecule has 3 rings (SSSR count). The average molecular weight is 401 g/mol. The second kappa shape index (κ2) is 9.24. The van der Waals surface area contributed by atoms with Gasteiger partial charge in [-0.2, -0.15) is 5.10 Å². The van der Waals surface area contributed by atoms with Crippen molar-refractivity contribution >= 4 is 11.8 Å². The van der Waals surface area contributed by atoms with Gasteiger partial charge in [0, 0.05) is 55.6 Å². The Bertz CT molecular complexity index is 832. The first-order chi connectivity index (χ1) is 13.8. The van der Waals surface area contributed by atoms with E-state index in [2.05, 4.69) is 34.6 Å². The van der Waals surface area contributed by atoms with E-state index in [1.165, 1.54) is 0 Å². The SMILES string of the molecule is CC(C)c1nccn1C(C)C(=O)NC1CCC(C(=O)NCc2cnn(C)c2)CC1. The van der Waals surface area contributed by atoms with Crippen molar-refractivity contribution < 1.29 is 9.59 Å². The fraction of sp³-hybridized carbons (Fsp3) is 0.619. The first-order valence-electron chi connectivity index (χ1n) is 10.4. The molecule has 0 radical (unpaired) electrons. The van der Waals surface area contributed by atoms with Crippen LogP contribution in [-0.4, -0.2) is 37.2 Å². The van der Waals surface area contributed by atoms with Crippen molar-refractivity contribution in [3.63, 3.8) is 0 Å². The summed E-state index contributed by atoms with van der Waals surface area (Å²) in [5.41, 5.74) is 0.996. The zero-order valence-corrected chi connectivity index (χ0v) is 17.8. The molecular weight excluding hydrogens is 368 g/mol. The highest BCUT2D eigenvalue weighted by Gasteiger charge is 2.28. The number of nitrogens with zero attached hydrogens (tertiary/aromatic N) is 4. The molecule has 29 heavy (non-hydrogen) atoms. The fourth-order valence-corrected chi connectivity index (χ4v) is 3.94. The summed E-state index contributed by atoms with van der Waals surface area (Å²) in [7, 11) is 1.86. The maximum absolute atomic E-state index is 12.7. The molecule has 2 aromatic rings. The van der Waals surface area contributed by atoms with E-state index in [1.54, 1.807) is 17.1 Å². The summed E-state index contributed by atoms with van der Waals surface area (Å²) in [4.78, 5) is 29.5. The number of hydrogen-bond donors (Lipinski definition) is 2. The topological polar surface area (TPSA) is 93.8 Å². The van der Waals surface area contributed by atoms with Gasteiger partial charge in [0.15, 0.2) is 0 Å². The molecule has 1 unspecified atom stereocenters. The Morgan fingerprint density at radius 2 is 1.93 bits per heavy atom. The molecule has 0 aliphatic heterocycles. The quantitative estimate of drug-likeness (QED) is 0.746. The van der Waals surface area contributed by atoms with Gasteiger partial charge in [-0.25, -0.2) is 4.98 Å². The number of imidazole rings is 1. The van der Waals surface area contributed by atoms with Gasteiger partial charge >= 0.3 is 0 Å². The van der Waals surface area contributed by atoms with Gasteiger partial charge < -0.3 is 15.2 Å². The van der Waals surface area contributed by atoms with Crippen LogP contribution in [-0.2, 0) is 23.2 Å². The Labute approximate surface area is 172 Å². The summed E-state index contributed by atoms with van der Waals surface area (Å²) >= 11 is 0. The van der Waals surface area contributed by atoms with Crippen molar-refractivity contribution in [3.05, 3.63) is 36.2 Å². The number of rotatable bonds is 7. The number of carbonyl (C=O) groups excluding carboxylic acids is 2. The molecule has 1 atom stereocenters. The molecule has 1 fully saturated rings. The van der Waals surface area contributed by atoms with E-state index < -0.39 is 0 Å². The maximum atomic E-state index is 12.7. The number of carbonyl (C=O) groups is 2. The van der Waals surface area contributed by atoms with Crippen molar-refractivity contribution in [2.75, 3.05) is 0 Å². The molecule has 1 aliphatic rings. The van der Waals surface area contributed by atoms with Crippen LogP contribution in [0, 0.1) is 5.92 Å². The van der Waals surface area contributed by atoms with E-state index in [9.17, 15) is 9.59 Å². The largest absolute Gasteiger partial charge is 0.352 e. The Morgan fingerprint density at radius 1 is 1.21 bits per heavy atom. The number of hydrogen-bond acceptors (Lipinski definition) is 4. The summed E-state index contributed by atoms with van der Waals surface area (Å²) in [5.74, 6) is 1.29. The first-order valence-corrected chi connectivity index (χ1v) is 10.4. The molecule has 0 saturated heterocycles. The molecule has 8 heteroatoms. The smallest absolute Gasteiger partial charge is 0.243 e. The highest BCUT2D eigenvalue weighted by molar-refractivity contribution is 5.80. The Morgan fingerprint density at radius 3 is 2.55 bits per heavy atom. The molecule has 158 valence electrons. The standard InChI is InChI=1S/C21H32N6O2/c1-14(2)19-22-9-10-27(19)15(3)20(28)25-18-7-5-17(6-8-18)21(29)23-11-16-12-24-26(4)13-16/h9-10,12-15,17-18H,5-8,11H2,1-4H3,(H,23,29)(H,25,28). The van der Waals surface area contributed by atoms with Gasteiger partial charge in [0.1, 0.15) is 11.9 Å². The van der Waals surface area contributed by atoms with Crippen molar-refractivity contribution in [3.8, 4) is 0 Å². The molecule has 2 amide bonds. The molecule has 0 aromatic carbocycles. The minimum absolute atomic E-state index is 0.00868. The number of amides is 2. The summed E-state index contributed by atoms with van der Waals surface area (Å²) in [6.45, 7) is 6.55. The Hall–Kier alpha value is -2.64. The first kappa shape index (κ1) is 21.1. The van der Waals surface area contributed by atoms with Crippen LogP contribution in [0.25, 0.3) is 0 Å². The van der Waals surface area contributed by atoms with Gasteiger partial charge in [-0.3, -0.25) is 14.3 Å². The predicted molar refractivity (Wildman–Crippen MR) is 110 cm³/mol. The van der Waals surface area contributed by atoms with Crippen LogP contribution in [0.5, 0.6) is 0 Å². The van der Waals surface area contributed by atoms with Gasteiger partial charge in [-0.1, -0.05) is 13.8 Å². The summed E-state index contributed by atoms with van der Waals surface area (Å²) in [6, 6.07) is -0.172. The van der Waals surface area contributed by atoms with Gasteiger partial charge in [-0.15, -0.1) is 0 Å². The van der Waals surface area contributed by atoms with Crippen LogP contribution in [0.4, 0.5) is 0 Å². The Balaban J connectivity index is 1.44. The molecule has 0 bridgehead atoms. The number of nitrogens with one attached hydrogen (secondary N) is 2. The van der Waals surface area contributed by atoms with Crippen LogP contribution in [0.3, 0.4) is 0 Å². The summed E-state index contributed by atoms with van der Waals surface area (Å²) < 4.78 is 3.67. The zero-order valence-electron chi connectivity index (χ0n) is 17.8. The second-order valence-corrected chi connectivity index (χ2v) is 8.32. The van der Waals surface area contributed by atoms with Crippen LogP contribution in [0.1, 0.15) is 69.8 Å². The lowest BCUT2D eigenvalue weighted by Gasteiger charge is -2.29. The summed E-state index contributed by atoms with van der Waals surface area (Å²) in [5, 5.41) is 10.3. The van der Waals surface area contributed by atoms with Crippen LogP contribution in [0.15, 0.2) is 24.8 Å². The third-order valence-corrected chi connectivity index (χ3v) is 5.68. The van der Waals surface area contributed by atoms with E-state index in [1.807, 2.05) is 30.9 Å². The normalized spacial score (nSPS) is 20.4. The average Bonchev–Trinajstić information content (AvgIpc) is 3.35. The molecule has 2 aromatic heterocycles. The molecular formula is C21H32N6O2. The van der Waals surface area contributed by atoms with Gasteiger partial charge in [0.05, 0.1) is 6.20 Å². The van der Waals surface area contributed by atoms with Crippen LogP contribution >= 0.6 is 0 Å². The van der Waals surface area contributed by atoms with Gasteiger partial charge in [0.2, 0.25) is 11.8 Å². The fourth-order valence-electron chi connectivity index (χ4n) is 3.94. The molecule has 0 spiro atoms. The van der Waals surface area contributed by atoms with E-state index in [0.29, 0.717) is 6.54 Å². The second-order valence-electron chi connectivity index (χ2n) is 8.32. The van der Waals surface area contributed by atoms with Crippen LogP contribution in [0.2, 0.25) is 0 Å². The summed E-state index contributed by atoms with van der Waals surface area (Å²) in [6.07, 6.45) is 10.5. The minimum Gasteiger partial charge on any atom is -0.352 e. The number of aromatic nitrogens is 4. The molecule has 8 nitrogen and oxygen atoms in total. The lowest BCUT2D eigenvalue weighted by atomic mass is 9.85. The number of aryl methyl sites for hydroxylation is 1. The highest BCUT2D eigenvalue weighted by atomic mass is 16.2. The predicted octanol–water partition coefficient (Wildman–Crippen LogP) is 2.29. The molecule has 1 saturated carbocycles. The molecule has 1 aliphatic carbocycles. The molecule has 2 N–H and O–H groups in total. The lowest BCUT2D eigenvalue weighted by Crippen LogP contribution is -2.43. The highest BCUT2D eigenvalue weighted by Crippen LogP contribution is 2.25. The van der Waals surface area contributed by atoms with Crippen molar-refractivity contribution in [2.24, 2.45) is 13.0 Å². The van der Waals surface area contributed by atoms with E-state index >= 15 is 0 Å². The van der Waals surface area contributed by atoms with Crippen molar-refractivity contribution in [1.29, 1.82) is 0 Å². The van der Waals surface area contributed by atoms with E-state index in [-0.39, 0.29) is 35.7 Å². The third-order valence-electron chi connectivity index (χ3n) is 5.68. The monoisotopic (exact) mass is 400 g/mol. The minimum atomic E-state index is -0.296. The van der Waals surface area contributed by atoms with E-state index in [4.69, 9.17) is 0 Å². The van der Waals surface area contributed by atoms with Crippen molar-refractivity contribution in [2.45, 2.75) is 71.0 Å². The molecule has 2 heterocycles. The van der Waals surface area contributed by atoms with Crippen LogP contribution < -0.4 is 10.6 Å². The van der Waals surface area contributed by atoms with Gasteiger partial charge in [-0.05, 0) is 32.6 Å². The van der Waals surface area contributed by atoms with E-state index in [0.717, 1.165) is 37.1 Å².